The molecule has 5 aliphatic rings. The minimum atomic E-state index is -0.687. The van der Waals surface area contributed by atoms with Gasteiger partial charge in [-0.1, -0.05) is 36.4 Å². The molecule has 10 rings (SSSR count). The first kappa shape index (κ1) is 50.9. The topological polar surface area (TPSA) is 175 Å². The molecule has 5 aliphatic heterocycles. The van der Waals surface area contributed by atoms with E-state index in [0.29, 0.717) is 98.1 Å². The van der Waals surface area contributed by atoms with Crippen LogP contribution in [0.15, 0.2) is 96.0 Å². The van der Waals surface area contributed by atoms with Crippen LogP contribution in [0, 0.1) is 6.92 Å². The Labute approximate surface area is 435 Å². The summed E-state index contributed by atoms with van der Waals surface area (Å²) in [5.74, 6) is -0.476. The summed E-state index contributed by atoms with van der Waals surface area (Å²) in [6, 6.07) is 29.3. The van der Waals surface area contributed by atoms with Gasteiger partial charge in [0.1, 0.15) is 19.0 Å². The van der Waals surface area contributed by atoms with E-state index in [-0.39, 0.29) is 56.4 Å². The van der Waals surface area contributed by atoms with Crippen molar-refractivity contribution in [2.75, 3.05) is 75.0 Å². The minimum absolute atomic E-state index is 0.00517. The molecular formula is C58H61N5O12. The second-order valence-electron chi connectivity index (χ2n) is 19.3. The third kappa shape index (κ3) is 11.1. The number of rotatable bonds is 22. The van der Waals surface area contributed by atoms with Gasteiger partial charge in [0.15, 0.2) is 11.5 Å². The summed E-state index contributed by atoms with van der Waals surface area (Å²) < 4.78 is 35.8. The van der Waals surface area contributed by atoms with Gasteiger partial charge in [0.2, 0.25) is 0 Å². The molecule has 0 spiro atoms. The van der Waals surface area contributed by atoms with Gasteiger partial charge >= 0.3 is 5.97 Å². The van der Waals surface area contributed by atoms with Crippen LogP contribution in [0.25, 0.3) is 0 Å². The van der Waals surface area contributed by atoms with E-state index in [4.69, 9.17) is 38.3 Å². The molecule has 0 unspecified atom stereocenters. The SMILES string of the molecule is COCCOCCOCCN(CCCC(=O)ON1C(=O)CCC1=O)c1cc(COc2cc3c(cc2C)C(=O)N2c4ccccc4C[C@H]2CC3)cc(COc2cc3c(cc2OC)C(=O)N2c4ccccc4C[C@H]2C=N3)c1. The Morgan fingerprint density at radius 3 is 2.07 bits per heavy atom. The first-order valence-electron chi connectivity index (χ1n) is 25.6. The van der Waals surface area contributed by atoms with Crippen LogP contribution in [0.5, 0.6) is 17.2 Å². The molecule has 17 nitrogen and oxygen atoms in total. The first-order valence-corrected chi connectivity index (χ1v) is 25.6. The fourth-order valence-corrected chi connectivity index (χ4v) is 10.5. The van der Waals surface area contributed by atoms with Gasteiger partial charge in [-0.3, -0.25) is 29.1 Å². The highest BCUT2D eigenvalue weighted by atomic mass is 16.7. The van der Waals surface area contributed by atoms with Crippen molar-refractivity contribution in [1.82, 2.24) is 5.06 Å². The molecule has 17 heteroatoms. The number of hydrogen-bond acceptors (Lipinski definition) is 14. The summed E-state index contributed by atoms with van der Waals surface area (Å²) in [5.41, 5.74) is 9.89. The number of anilines is 3. The minimum Gasteiger partial charge on any atom is -0.493 e. The summed E-state index contributed by atoms with van der Waals surface area (Å²) in [4.78, 5) is 81.6. The van der Waals surface area contributed by atoms with E-state index in [0.717, 1.165) is 64.1 Å². The Morgan fingerprint density at radius 2 is 1.33 bits per heavy atom. The number of hydrogen-bond donors (Lipinski definition) is 0. The molecule has 1 fully saturated rings. The number of imide groups is 1. The van der Waals surface area contributed by atoms with E-state index in [2.05, 4.69) is 11.0 Å². The number of amides is 4. The lowest BCUT2D eigenvalue weighted by Gasteiger charge is -2.26. The Kier molecular flexibility index (Phi) is 15.5. The van der Waals surface area contributed by atoms with Crippen molar-refractivity contribution < 1.29 is 57.2 Å². The van der Waals surface area contributed by atoms with Crippen molar-refractivity contribution in [3.8, 4) is 17.2 Å². The third-order valence-corrected chi connectivity index (χ3v) is 14.3. The molecule has 2 atom stereocenters. The maximum Gasteiger partial charge on any atom is 0.333 e. The monoisotopic (exact) mass is 1020 g/mol. The number of benzene rings is 5. The predicted octanol–water partition coefficient (Wildman–Crippen LogP) is 7.84. The van der Waals surface area contributed by atoms with Crippen molar-refractivity contribution in [3.05, 3.63) is 136 Å². The van der Waals surface area contributed by atoms with Crippen molar-refractivity contribution in [2.45, 2.75) is 83.6 Å². The highest BCUT2D eigenvalue weighted by Crippen LogP contribution is 2.42. The largest absolute Gasteiger partial charge is 0.493 e. The van der Waals surface area contributed by atoms with E-state index in [1.54, 1.807) is 24.1 Å². The lowest BCUT2D eigenvalue weighted by Crippen LogP contribution is -2.37. The molecule has 75 heavy (non-hydrogen) atoms. The number of aryl methyl sites for hydroxylation is 2. The molecule has 390 valence electrons. The van der Waals surface area contributed by atoms with Crippen LogP contribution < -0.4 is 28.9 Å². The van der Waals surface area contributed by atoms with E-state index in [1.807, 2.05) is 90.8 Å². The molecule has 4 amide bonds. The molecule has 5 heterocycles. The van der Waals surface area contributed by atoms with Crippen molar-refractivity contribution in [3.63, 3.8) is 0 Å². The molecule has 0 N–H and O–H groups in total. The van der Waals surface area contributed by atoms with Crippen LogP contribution in [0.4, 0.5) is 22.7 Å². The molecule has 5 aromatic rings. The Balaban J connectivity index is 0.915. The number of aliphatic imine (C=N–C) groups is 1. The smallest absolute Gasteiger partial charge is 0.333 e. The number of carbonyl (C=O) groups excluding carboxylic acids is 5. The summed E-state index contributed by atoms with van der Waals surface area (Å²) in [5, 5.41) is 0.565. The van der Waals surface area contributed by atoms with Gasteiger partial charge in [0.25, 0.3) is 23.6 Å². The van der Waals surface area contributed by atoms with E-state index >= 15 is 0 Å². The number of fused-ring (bicyclic) bond motifs is 8. The number of hydroxylamine groups is 2. The van der Waals surface area contributed by atoms with Crippen LogP contribution in [0.2, 0.25) is 0 Å². The van der Waals surface area contributed by atoms with Crippen LogP contribution in [-0.2, 0) is 65.9 Å². The number of nitrogens with zero attached hydrogens (tertiary/aromatic N) is 5. The second kappa shape index (κ2) is 22.9. The predicted molar refractivity (Wildman–Crippen MR) is 279 cm³/mol. The lowest BCUT2D eigenvalue weighted by atomic mass is 9.98. The highest BCUT2D eigenvalue weighted by Gasteiger charge is 2.39. The normalized spacial score (nSPS) is 17.2. The van der Waals surface area contributed by atoms with Crippen molar-refractivity contribution in [2.24, 2.45) is 4.99 Å². The van der Waals surface area contributed by atoms with E-state index in [1.165, 1.54) is 12.7 Å². The molecular weight excluding hydrogens is 959 g/mol. The number of carbonyl (C=O) groups is 5. The zero-order valence-electron chi connectivity index (χ0n) is 42.5. The fourth-order valence-electron chi connectivity index (χ4n) is 10.5. The van der Waals surface area contributed by atoms with Gasteiger partial charge < -0.3 is 43.1 Å². The third-order valence-electron chi connectivity index (χ3n) is 14.3. The summed E-state index contributed by atoms with van der Waals surface area (Å²) >= 11 is 0. The van der Waals surface area contributed by atoms with Gasteiger partial charge in [0, 0.05) is 86.8 Å². The lowest BCUT2D eigenvalue weighted by molar-refractivity contribution is -0.197. The molecule has 0 aromatic heterocycles. The van der Waals surface area contributed by atoms with Gasteiger partial charge in [-0.2, -0.15) is 0 Å². The quantitative estimate of drug-likeness (QED) is 0.0485. The van der Waals surface area contributed by atoms with E-state index < -0.39 is 17.8 Å². The van der Waals surface area contributed by atoms with Crippen LogP contribution in [-0.4, -0.2) is 113 Å². The van der Waals surface area contributed by atoms with E-state index in [9.17, 15) is 24.0 Å². The maximum absolute atomic E-state index is 14.2. The molecule has 5 aromatic carbocycles. The van der Waals surface area contributed by atoms with Gasteiger partial charge in [-0.05, 0) is 115 Å². The van der Waals surface area contributed by atoms with Crippen LogP contribution in [0.1, 0.15) is 86.2 Å². The summed E-state index contributed by atoms with van der Waals surface area (Å²) in [6.07, 6.45) is 5.17. The number of methoxy groups -OCH3 is 2. The Bertz CT molecular complexity index is 3010. The van der Waals surface area contributed by atoms with Crippen molar-refractivity contribution >= 4 is 58.6 Å². The zero-order chi connectivity index (χ0) is 52.0. The van der Waals surface area contributed by atoms with Gasteiger partial charge in [-0.15, -0.1) is 5.06 Å². The average molecular weight is 1020 g/mol. The second-order valence-corrected chi connectivity index (χ2v) is 19.3. The summed E-state index contributed by atoms with van der Waals surface area (Å²) in [7, 11) is 3.15. The summed E-state index contributed by atoms with van der Waals surface area (Å²) in [6.45, 7) is 5.01. The van der Waals surface area contributed by atoms with Crippen LogP contribution >= 0.6 is 0 Å². The fraction of sp³-hybridized carbons (Fsp3) is 0.379. The number of ether oxygens (including phenoxy) is 6. The number of para-hydroxylation sites is 2. The first-order chi connectivity index (χ1) is 36.6. The maximum atomic E-state index is 14.2. The zero-order valence-corrected chi connectivity index (χ0v) is 42.5. The molecule has 0 aliphatic carbocycles. The molecule has 0 saturated carbocycles. The van der Waals surface area contributed by atoms with Crippen LogP contribution in [0.3, 0.4) is 0 Å². The average Bonchev–Trinajstić information content (AvgIpc) is 4.04. The van der Waals surface area contributed by atoms with Gasteiger partial charge in [0.05, 0.1) is 57.4 Å². The Hall–Kier alpha value is -7.60. The van der Waals surface area contributed by atoms with Crippen molar-refractivity contribution in [1.29, 1.82) is 0 Å². The highest BCUT2D eigenvalue weighted by molar-refractivity contribution is 6.15. The Morgan fingerprint density at radius 1 is 0.667 bits per heavy atom. The molecule has 1 saturated heterocycles. The van der Waals surface area contributed by atoms with Gasteiger partial charge in [-0.25, -0.2) is 4.79 Å². The molecule has 0 bridgehead atoms. The standard InChI is InChI=1S/C58H61N5O12/c1-37-25-46-40(14-15-43-29-41-9-4-6-11-49(41)61(43)57(46)67)31-51(37)73-35-38-26-39(36-74-53-33-48-47(32-52(53)70-3)58(68)62-45(34-59-48)30-42-10-5-7-12-50(42)62)28-44(27-38)60(19-20-71-23-24-72-22-21-69-2)18-8-13-56(66)75-63-54(64)16-17-55(63)65/h4-7,9-12,25-28,31-34,43,45H,8,13-24,29-30,35-36H2,1-3H3/t43-,45+/m1/s1. The molecule has 0 radical (unpaired) electrons.